The van der Waals surface area contributed by atoms with Crippen LogP contribution in [0.2, 0.25) is 0 Å². The number of nitrogens with zero attached hydrogens (tertiary/aromatic N) is 3. The summed E-state index contributed by atoms with van der Waals surface area (Å²) in [5.41, 5.74) is 0.197. The van der Waals surface area contributed by atoms with Gasteiger partial charge >= 0.3 is 0 Å². The number of piperidine rings is 1. The summed E-state index contributed by atoms with van der Waals surface area (Å²) in [4.78, 5) is 11.6. The fourth-order valence-electron chi connectivity index (χ4n) is 2.15. The third-order valence-electron chi connectivity index (χ3n) is 3.35. The van der Waals surface area contributed by atoms with Crippen LogP contribution < -0.4 is 10.6 Å². The van der Waals surface area contributed by atoms with Gasteiger partial charge in [-0.25, -0.2) is 0 Å². The molecule has 0 spiro atoms. The first kappa shape index (κ1) is 12.0. The van der Waals surface area contributed by atoms with Gasteiger partial charge in [-0.2, -0.15) is 5.21 Å². The maximum Gasteiger partial charge on any atom is 0.292 e. The normalized spacial score (nSPS) is 23.3. The molecule has 2 rings (SSSR count). The average Bonchev–Trinajstić information content (AvgIpc) is 2.80. The Balaban J connectivity index is 1.87. The zero-order valence-electron chi connectivity index (χ0n) is 10.2. The highest BCUT2D eigenvalue weighted by Gasteiger charge is 2.32. The Morgan fingerprint density at radius 2 is 2.41 bits per heavy atom. The minimum absolute atomic E-state index is 0.0821. The lowest BCUT2D eigenvalue weighted by atomic mass is 9.77. The molecular weight excluding hydrogens is 220 g/mol. The molecule has 0 aromatic carbocycles. The van der Waals surface area contributed by atoms with Crippen LogP contribution in [0.4, 0.5) is 0 Å². The summed E-state index contributed by atoms with van der Waals surface area (Å²) in [7, 11) is 0. The summed E-state index contributed by atoms with van der Waals surface area (Å²) in [5.74, 6) is -0.208. The number of tetrazole rings is 1. The molecule has 7 nitrogen and oxygen atoms in total. The summed E-state index contributed by atoms with van der Waals surface area (Å²) < 4.78 is 0. The van der Waals surface area contributed by atoms with Crippen molar-refractivity contribution in [3.63, 3.8) is 0 Å². The number of carbonyl (C=O) groups is 1. The molecular formula is C10H18N6O. The first-order valence-electron chi connectivity index (χ1n) is 5.84. The average molecular weight is 238 g/mol. The second-order valence-electron chi connectivity index (χ2n) is 5.04. The highest BCUT2D eigenvalue weighted by Crippen LogP contribution is 2.29. The Morgan fingerprint density at radius 1 is 1.59 bits per heavy atom. The van der Waals surface area contributed by atoms with Crippen LogP contribution >= 0.6 is 0 Å². The Bertz CT molecular complexity index is 374. The topological polar surface area (TPSA) is 95.6 Å². The van der Waals surface area contributed by atoms with Crippen molar-refractivity contribution in [2.75, 3.05) is 13.1 Å². The van der Waals surface area contributed by atoms with Gasteiger partial charge in [0.15, 0.2) is 0 Å². The molecule has 1 aliphatic rings. The number of aromatic amines is 1. The van der Waals surface area contributed by atoms with Crippen molar-refractivity contribution in [1.29, 1.82) is 0 Å². The van der Waals surface area contributed by atoms with Gasteiger partial charge in [0.2, 0.25) is 0 Å². The highest BCUT2D eigenvalue weighted by atomic mass is 16.2. The van der Waals surface area contributed by atoms with Crippen molar-refractivity contribution >= 4 is 5.91 Å². The largest absolute Gasteiger partial charge is 0.348 e. The van der Waals surface area contributed by atoms with E-state index < -0.39 is 0 Å². The zero-order chi connectivity index (χ0) is 12.3. The fourth-order valence-corrected chi connectivity index (χ4v) is 2.15. The number of amides is 1. The fraction of sp³-hybridized carbons (Fsp3) is 0.800. The molecule has 1 fully saturated rings. The van der Waals surface area contributed by atoms with Crippen LogP contribution in [0, 0.1) is 5.41 Å². The van der Waals surface area contributed by atoms with Crippen molar-refractivity contribution in [1.82, 2.24) is 31.3 Å². The first-order chi connectivity index (χ1) is 8.09. The molecule has 0 radical (unpaired) electrons. The predicted octanol–water partition coefficient (Wildman–Crippen LogP) is -0.292. The first-order valence-corrected chi connectivity index (χ1v) is 5.84. The van der Waals surface area contributed by atoms with Gasteiger partial charge in [0, 0.05) is 12.6 Å². The van der Waals surface area contributed by atoms with Crippen LogP contribution in [-0.4, -0.2) is 45.7 Å². The van der Waals surface area contributed by atoms with E-state index in [1.54, 1.807) is 0 Å². The van der Waals surface area contributed by atoms with Crippen molar-refractivity contribution in [3.05, 3.63) is 5.82 Å². The number of carbonyl (C=O) groups excluding carboxylic acids is 1. The van der Waals surface area contributed by atoms with Crippen LogP contribution in [0.5, 0.6) is 0 Å². The molecule has 0 saturated carbocycles. The Kier molecular flexibility index (Phi) is 3.37. The number of hydrogen-bond acceptors (Lipinski definition) is 5. The van der Waals surface area contributed by atoms with Crippen LogP contribution in [-0.2, 0) is 0 Å². The molecule has 1 atom stereocenters. The lowest BCUT2D eigenvalue weighted by Gasteiger charge is -2.39. The maximum atomic E-state index is 11.6. The molecule has 2 heterocycles. The van der Waals surface area contributed by atoms with Crippen molar-refractivity contribution < 1.29 is 4.79 Å². The number of rotatable bonds is 3. The molecule has 3 N–H and O–H groups in total. The van der Waals surface area contributed by atoms with Crippen molar-refractivity contribution in [2.24, 2.45) is 5.41 Å². The molecule has 0 bridgehead atoms. The van der Waals surface area contributed by atoms with E-state index in [-0.39, 0.29) is 23.2 Å². The van der Waals surface area contributed by atoms with Crippen molar-refractivity contribution in [2.45, 2.75) is 32.7 Å². The smallest absolute Gasteiger partial charge is 0.292 e. The second kappa shape index (κ2) is 4.79. The standard InChI is InChI=1S/C10H18N6O/c1-10(2)4-3-5-11-7(10)6-12-9(17)8-13-15-16-14-8/h7,11H,3-6H2,1-2H3,(H,12,17)(H,13,14,15,16). The second-order valence-corrected chi connectivity index (χ2v) is 5.04. The maximum absolute atomic E-state index is 11.6. The van der Waals surface area contributed by atoms with Gasteiger partial charge in [0.05, 0.1) is 0 Å². The molecule has 1 aliphatic heterocycles. The lowest BCUT2D eigenvalue weighted by molar-refractivity contribution is 0.0918. The van der Waals surface area contributed by atoms with Gasteiger partial charge < -0.3 is 10.6 Å². The Labute approximate surface area is 99.7 Å². The minimum Gasteiger partial charge on any atom is -0.348 e. The van der Waals surface area contributed by atoms with Crippen molar-refractivity contribution in [3.8, 4) is 0 Å². The Hall–Kier alpha value is -1.50. The summed E-state index contributed by atoms with van der Waals surface area (Å²) in [6.07, 6.45) is 2.35. The molecule has 94 valence electrons. The highest BCUT2D eigenvalue weighted by molar-refractivity contribution is 5.90. The summed E-state index contributed by atoms with van der Waals surface area (Å²) in [6.45, 7) is 6.02. The van der Waals surface area contributed by atoms with Gasteiger partial charge in [-0.3, -0.25) is 4.79 Å². The zero-order valence-corrected chi connectivity index (χ0v) is 10.2. The number of H-pyrrole nitrogens is 1. The molecule has 1 unspecified atom stereocenters. The molecule has 0 aliphatic carbocycles. The van der Waals surface area contributed by atoms with Crippen LogP contribution in [0.15, 0.2) is 0 Å². The van der Waals surface area contributed by atoms with E-state index in [0.29, 0.717) is 6.54 Å². The summed E-state index contributed by atoms with van der Waals surface area (Å²) >= 11 is 0. The molecule has 7 heteroatoms. The van der Waals surface area contributed by atoms with E-state index in [0.717, 1.165) is 6.54 Å². The molecule has 17 heavy (non-hydrogen) atoms. The summed E-state index contributed by atoms with van der Waals surface area (Å²) in [6, 6.07) is 0.284. The van der Waals surface area contributed by atoms with Gasteiger partial charge in [-0.1, -0.05) is 13.8 Å². The molecule has 1 saturated heterocycles. The molecule has 1 aromatic rings. The SMILES string of the molecule is CC1(C)CCCNC1CNC(=O)c1nn[nH]n1. The number of hydrogen-bond donors (Lipinski definition) is 3. The minimum atomic E-state index is -0.290. The quantitative estimate of drug-likeness (QED) is 0.672. The van der Waals surface area contributed by atoms with E-state index in [1.807, 2.05) is 0 Å². The van der Waals surface area contributed by atoms with Crippen LogP contribution in [0.1, 0.15) is 37.3 Å². The third-order valence-corrected chi connectivity index (χ3v) is 3.35. The van der Waals surface area contributed by atoms with E-state index in [1.165, 1.54) is 12.8 Å². The predicted molar refractivity (Wildman–Crippen MR) is 61.3 cm³/mol. The van der Waals surface area contributed by atoms with E-state index >= 15 is 0 Å². The monoisotopic (exact) mass is 238 g/mol. The molecule has 1 aromatic heterocycles. The lowest BCUT2D eigenvalue weighted by Crippen LogP contribution is -2.52. The van der Waals surface area contributed by atoms with Gasteiger partial charge in [-0.15, -0.1) is 10.2 Å². The number of nitrogens with one attached hydrogen (secondary N) is 3. The van der Waals surface area contributed by atoms with Crippen LogP contribution in [0.3, 0.4) is 0 Å². The van der Waals surface area contributed by atoms with Gasteiger partial charge in [-0.05, 0) is 30.0 Å². The van der Waals surface area contributed by atoms with Gasteiger partial charge in [0.25, 0.3) is 11.7 Å². The van der Waals surface area contributed by atoms with E-state index in [9.17, 15) is 4.79 Å². The summed E-state index contributed by atoms with van der Waals surface area (Å²) in [5, 5.41) is 19.1. The van der Waals surface area contributed by atoms with Crippen LogP contribution in [0.25, 0.3) is 0 Å². The van der Waals surface area contributed by atoms with E-state index in [4.69, 9.17) is 0 Å². The third kappa shape index (κ3) is 2.79. The molecule has 1 amide bonds. The van der Waals surface area contributed by atoms with Gasteiger partial charge in [0.1, 0.15) is 0 Å². The van der Waals surface area contributed by atoms with E-state index in [2.05, 4.69) is 45.1 Å². The number of aromatic nitrogens is 4. The Morgan fingerprint density at radius 3 is 3.06 bits per heavy atom.